The van der Waals surface area contributed by atoms with Gasteiger partial charge in [-0.1, -0.05) is 72.8 Å². The molecule has 2 heterocycles. The van der Waals surface area contributed by atoms with Gasteiger partial charge in [-0.3, -0.25) is 0 Å². The first-order valence-corrected chi connectivity index (χ1v) is 16.1. The number of hydrogen-bond acceptors (Lipinski definition) is 6. The zero-order valence-electron chi connectivity index (χ0n) is 27.4. The Morgan fingerprint density at radius 3 is 1.36 bits per heavy atom. The van der Waals surface area contributed by atoms with Crippen molar-refractivity contribution >= 4 is 0 Å². The van der Waals surface area contributed by atoms with Gasteiger partial charge in [0.25, 0.3) is 0 Å². The average molecular weight is 657 g/mol. The van der Waals surface area contributed by atoms with E-state index in [1.54, 1.807) is 33.4 Å². The van der Waals surface area contributed by atoms with Gasteiger partial charge >= 0.3 is 11.6 Å². The highest BCUT2D eigenvalue weighted by Crippen LogP contribution is 2.38. The molecule has 0 spiro atoms. The number of para-hydroxylation sites is 2. The van der Waals surface area contributed by atoms with Crippen LogP contribution in [0.15, 0.2) is 158 Å². The number of hydrogen-bond donors (Lipinski definition) is 0. The van der Waals surface area contributed by atoms with Crippen molar-refractivity contribution in [2.75, 3.05) is 14.2 Å². The summed E-state index contributed by atoms with van der Waals surface area (Å²) in [5.74, 6) is 2.51. The van der Waals surface area contributed by atoms with Crippen molar-refractivity contribution in [3.05, 3.63) is 158 Å². The van der Waals surface area contributed by atoms with Crippen LogP contribution in [0, 0.1) is 0 Å². The maximum Gasteiger partial charge on any atom is 0.340 e. The molecule has 0 unspecified atom stereocenters. The van der Waals surface area contributed by atoms with Gasteiger partial charge in [0.05, 0.1) is 35.5 Å². The molecule has 2 aromatic heterocycles. The number of rotatable bonds is 9. The summed E-state index contributed by atoms with van der Waals surface area (Å²) in [5, 5.41) is 19.7. The van der Waals surface area contributed by atoms with Crippen molar-refractivity contribution in [1.82, 2.24) is 30.0 Å². The lowest BCUT2D eigenvalue weighted by Gasteiger charge is -2.14. The van der Waals surface area contributed by atoms with Crippen molar-refractivity contribution < 1.29 is 19.1 Å². The van der Waals surface area contributed by atoms with E-state index in [2.05, 4.69) is 0 Å². The lowest BCUT2D eigenvalue weighted by molar-refractivity contribution is -0.734. The summed E-state index contributed by atoms with van der Waals surface area (Å²) >= 11 is 0. The van der Waals surface area contributed by atoms with Crippen molar-refractivity contribution in [2.24, 2.45) is 0 Å². The van der Waals surface area contributed by atoms with Gasteiger partial charge in [-0.25, -0.2) is 0 Å². The first-order valence-electron chi connectivity index (χ1n) is 16.1. The second kappa shape index (κ2) is 13.3. The van der Waals surface area contributed by atoms with Gasteiger partial charge in [-0.05, 0) is 98.7 Å². The summed E-state index contributed by atoms with van der Waals surface area (Å²) in [5.41, 5.74) is 6.78. The molecule has 0 bridgehead atoms. The van der Waals surface area contributed by atoms with Crippen LogP contribution in [0.2, 0.25) is 0 Å². The Kier molecular flexibility index (Phi) is 8.08. The van der Waals surface area contributed by atoms with Gasteiger partial charge in [-0.2, -0.15) is 0 Å². The highest BCUT2D eigenvalue weighted by atomic mass is 16.5. The number of ether oxygens (including phenoxy) is 2. The van der Waals surface area contributed by atoms with E-state index in [9.17, 15) is 0 Å². The van der Waals surface area contributed by atoms with Crippen LogP contribution >= 0.6 is 0 Å². The molecule has 10 nitrogen and oxygen atoms in total. The highest BCUT2D eigenvalue weighted by molar-refractivity contribution is 5.78. The molecule has 8 rings (SSSR count). The Morgan fingerprint density at radius 2 is 0.880 bits per heavy atom. The minimum absolute atomic E-state index is 0.598. The third-order valence-corrected chi connectivity index (χ3v) is 8.28. The molecule has 0 N–H and O–H groups in total. The van der Waals surface area contributed by atoms with Gasteiger partial charge in [0.1, 0.15) is 22.9 Å². The van der Waals surface area contributed by atoms with Crippen molar-refractivity contribution in [3.8, 4) is 68.2 Å². The fourth-order valence-corrected chi connectivity index (χ4v) is 5.82. The second-order valence-electron chi connectivity index (χ2n) is 11.4. The summed E-state index contributed by atoms with van der Waals surface area (Å²) in [6, 6.07) is 51.6. The van der Waals surface area contributed by atoms with Crippen molar-refractivity contribution in [1.29, 1.82) is 0 Å². The largest absolute Gasteiger partial charge is 0.496 e. The molecule has 0 aliphatic rings. The second-order valence-corrected chi connectivity index (χ2v) is 11.4. The lowest BCUT2D eigenvalue weighted by Crippen LogP contribution is -2.43. The summed E-state index contributed by atoms with van der Waals surface area (Å²) in [4.78, 5) is 7.16. The topological polar surface area (TPSA) is 87.6 Å². The van der Waals surface area contributed by atoms with E-state index in [0.717, 1.165) is 45.0 Å². The molecule has 242 valence electrons. The Labute approximate surface area is 288 Å². The molecule has 0 atom stereocenters. The molecule has 0 aliphatic carbocycles. The molecular weight excluding hydrogens is 624 g/mol. The van der Waals surface area contributed by atoms with Gasteiger partial charge in [0.2, 0.25) is 0 Å². The number of benzene rings is 6. The average Bonchev–Trinajstić information content (AvgIpc) is 3.85. The predicted octanol–water partition coefficient (Wildman–Crippen LogP) is 6.42. The monoisotopic (exact) mass is 656 g/mol. The standard InChI is InChI=1S/C40H32N8O2/c1-49-37-26-24-33(47-43-39(29-15-7-3-8-16-29)41-45(47)31-19-11-5-12-20-31)27-36(37)35-25-23-34(28-38(35)50-2)48-44-40(30-17-9-4-10-18-30)42-46(48)32-21-13-6-14-22-32/h3-28H,1-2H3/q+2. The molecule has 8 aromatic rings. The summed E-state index contributed by atoms with van der Waals surface area (Å²) in [6.07, 6.45) is 0. The van der Waals surface area contributed by atoms with Crippen molar-refractivity contribution in [2.45, 2.75) is 0 Å². The highest BCUT2D eigenvalue weighted by Gasteiger charge is 2.27. The van der Waals surface area contributed by atoms with E-state index in [0.29, 0.717) is 23.1 Å². The first-order chi connectivity index (χ1) is 24.7. The minimum atomic E-state index is 0.598. The third kappa shape index (κ3) is 5.75. The molecule has 0 aliphatic heterocycles. The van der Waals surface area contributed by atoms with Crippen LogP contribution in [0.25, 0.3) is 56.7 Å². The van der Waals surface area contributed by atoms with Crippen LogP contribution in [0.1, 0.15) is 0 Å². The quantitative estimate of drug-likeness (QED) is 0.167. The summed E-state index contributed by atoms with van der Waals surface area (Å²) < 4.78 is 11.9. The number of tetrazole rings is 2. The summed E-state index contributed by atoms with van der Waals surface area (Å²) in [6.45, 7) is 0. The number of aromatic nitrogens is 8. The molecule has 0 saturated heterocycles. The van der Waals surface area contributed by atoms with Gasteiger partial charge in [0, 0.05) is 26.8 Å². The maximum atomic E-state index is 6.03. The lowest BCUT2D eigenvalue weighted by atomic mass is 10.0. The third-order valence-electron chi connectivity index (χ3n) is 8.28. The van der Waals surface area contributed by atoms with Crippen LogP contribution in [0.3, 0.4) is 0 Å². The molecule has 10 heteroatoms. The van der Waals surface area contributed by atoms with Crippen LogP contribution in [-0.2, 0) is 0 Å². The van der Waals surface area contributed by atoms with Gasteiger partial charge in [-0.15, -0.1) is 0 Å². The molecule has 0 amide bonds. The molecule has 6 aromatic carbocycles. The Bertz CT molecular complexity index is 2390. The normalized spacial score (nSPS) is 11.0. The predicted molar refractivity (Wildman–Crippen MR) is 189 cm³/mol. The van der Waals surface area contributed by atoms with E-state index < -0.39 is 0 Å². The Hall–Kier alpha value is -6.94. The molecule has 0 fully saturated rings. The van der Waals surface area contributed by atoms with Gasteiger partial charge in [0.15, 0.2) is 11.4 Å². The van der Waals surface area contributed by atoms with E-state index in [1.165, 1.54) is 0 Å². The number of nitrogens with zero attached hydrogens (tertiary/aromatic N) is 8. The van der Waals surface area contributed by atoms with E-state index in [-0.39, 0.29) is 0 Å². The van der Waals surface area contributed by atoms with E-state index in [1.807, 2.05) is 158 Å². The molecular formula is C40H32N8O2+2. The van der Waals surface area contributed by atoms with Gasteiger partial charge < -0.3 is 9.47 Å². The first kappa shape index (κ1) is 30.4. The Balaban J connectivity index is 1.25. The van der Waals surface area contributed by atoms with Crippen LogP contribution in [-0.4, -0.2) is 44.2 Å². The molecule has 50 heavy (non-hydrogen) atoms. The Morgan fingerprint density at radius 1 is 0.440 bits per heavy atom. The summed E-state index contributed by atoms with van der Waals surface area (Å²) in [7, 11) is 3.32. The zero-order valence-corrected chi connectivity index (χ0v) is 27.4. The van der Waals surface area contributed by atoms with Crippen LogP contribution < -0.4 is 19.1 Å². The zero-order chi connectivity index (χ0) is 33.9. The smallest absolute Gasteiger partial charge is 0.340 e. The van der Waals surface area contributed by atoms with Crippen LogP contribution in [0.5, 0.6) is 11.5 Å². The number of methoxy groups -OCH3 is 2. The van der Waals surface area contributed by atoms with Crippen molar-refractivity contribution in [3.63, 3.8) is 0 Å². The van der Waals surface area contributed by atoms with E-state index in [4.69, 9.17) is 29.9 Å². The molecule has 0 saturated carbocycles. The van der Waals surface area contributed by atoms with E-state index >= 15 is 0 Å². The van der Waals surface area contributed by atoms with Crippen LogP contribution in [0.4, 0.5) is 0 Å². The fraction of sp³-hybridized carbons (Fsp3) is 0.0500. The molecule has 0 radical (unpaired) electrons. The fourth-order valence-electron chi connectivity index (χ4n) is 5.82. The SMILES string of the molecule is COc1cc(-n2nc(-c3ccccc3)n[n+]2-c2ccccc2)ccc1-c1cc(-n2nc(-c3ccccc3)n[n+]2-c2ccccc2)ccc1OC. The maximum absolute atomic E-state index is 6.03. The minimum Gasteiger partial charge on any atom is -0.496 e.